The Labute approximate surface area is 237 Å². The number of hydrogen-bond acceptors (Lipinski definition) is 6. The maximum atomic E-state index is 13.4. The Morgan fingerprint density at radius 1 is 1.12 bits per heavy atom. The van der Waals surface area contributed by atoms with Gasteiger partial charge in [0.25, 0.3) is 10.0 Å². The van der Waals surface area contributed by atoms with E-state index in [1.807, 2.05) is 6.92 Å². The third-order valence-corrected chi connectivity index (χ3v) is 9.48. The first-order chi connectivity index (χ1) is 19.1. The second kappa shape index (κ2) is 13.3. The fourth-order valence-corrected chi connectivity index (χ4v) is 6.78. The van der Waals surface area contributed by atoms with Crippen LogP contribution in [-0.2, 0) is 21.2 Å². The van der Waals surface area contributed by atoms with Gasteiger partial charge in [-0.2, -0.15) is 0 Å². The zero-order chi connectivity index (χ0) is 28.9. The highest BCUT2D eigenvalue weighted by Gasteiger charge is 2.31. The molecule has 10 heteroatoms. The molecule has 1 heterocycles. The lowest BCUT2D eigenvalue weighted by Crippen LogP contribution is -2.48. The van der Waals surface area contributed by atoms with E-state index in [0.717, 1.165) is 18.7 Å². The molecule has 0 radical (unpaired) electrons. The molecule has 0 spiro atoms. The lowest BCUT2D eigenvalue weighted by molar-refractivity contribution is -0.134. The van der Waals surface area contributed by atoms with Crippen molar-refractivity contribution >= 4 is 21.6 Å². The van der Waals surface area contributed by atoms with Crippen LogP contribution in [0.1, 0.15) is 51.5 Å². The van der Waals surface area contributed by atoms with Crippen LogP contribution in [0.25, 0.3) is 0 Å². The Hall–Kier alpha value is -2.69. The lowest BCUT2D eigenvalue weighted by Gasteiger charge is -2.35. The second-order valence-electron chi connectivity index (χ2n) is 11.5. The molecule has 1 fully saturated rings. The first-order valence-corrected chi connectivity index (χ1v) is 15.7. The van der Waals surface area contributed by atoms with Crippen molar-refractivity contribution in [1.82, 2.24) is 9.80 Å². The summed E-state index contributed by atoms with van der Waals surface area (Å²) in [6.45, 7) is 5.86. The molecule has 40 heavy (non-hydrogen) atoms. The van der Waals surface area contributed by atoms with Gasteiger partial charge in [-0.05, 0) is 75.2 Å². The van der Waals surface area contributed by atoms with E-state index in [4.69, 9.17) is 4.74 Å². The van der Waals surface area contributed by atoms with Crippen molar-refractivity contribution in [3.8, 4) is 5.75 Å². The van der Waals surface area contributed by atoms with Gasteiger partial charge in [0.15, 0.2) is 0 Å². The number of ether oxygens (including phenoxy) is 1. The molecular formula is C30H42FN3O5S. The SMILES string of the molecule is C[C@@H]1CN([C@@H](C)CO)C(=O)Cc2cc(NS(=O)(=O)c3ccc(F)cc3)ccc2O[C@H]1CN(C)CC1CCCCC1. The van der Waals surface area contributed by atoms with Gasteiger partial charge in [-0.15, -0.1) is 0 Å². The van der Waals surface area contributed by atoms with Crippen LogP contribution in [0.3, 0.4) is 0 Å². The number of carbonyl (C=O) groups excluding carboxylic acids is 1. The summed E-state index contributed by atoms with van der Waals surface area (Å²) in [6, 6.07) is 9.16. The minimum Gasteiger partial charge on any atom is -0.488 e. The maximum Gasteiger partial charge on any atom is 0.261 e. The van der Waals surface area contributed by atoms with E-state index in [2.05, 4.69) is 23.6 Å². The van der Waals surface area contributed by atoms with E-state index in [0.29, 0.717) is 30.3 Å². The Bertz CT molecular complexity index is 1250. The molecule has 0 unspecified atom stereocenters. The summed E-state index contributed by atoms with van der Waals surface area (Å²) in [4.78, 5) is 17.4. The van der Waals surface area contributed by atoms with Crippen molar-refractivity contribution in [3.05, 3.63) is 53.8 Å². The third-order valence-electron chi connectivity index (χ3n) is 8.08. The van der Waals surface area contributed by atoms with Crippen molar-refractivity contribution in [3.63, 3.8) is 0 Å². The summed E-state index contributed by atoms with van der Waals surface area (Å²) in [5, 5.41) is 9.88. The van der Waals surface area contributed by atoms with Crippen molar-refractivity contribution in [2.75, 3.05) is 38.0 Å². The molecule has 3 atom stereocenters. The number of sulfonamides is 1. The largest absolute Gasteiger partial charge is 0.488 e. The number of aliphatic hydroxyl groups excluding tert-OH is 1. The minimum absolute atomic E-state index is 0.00312. The Balaban J connectivity index is 1.60. The standard InChI is InChI=1S/C30H42FN3O5S/c1-21-17-34(22(2)20-35)30(36)16-24-15-26(32-40(37,38)27-12-9-25(31)10-13-27)11-14-28(24)39-29(21)19-33(3)18-23-7-5-4-6-8-23/h9-15,21-23,29,32,35H,4-8,16-20H2,1-3H3/t21-,22+,29+/m1/s1. The number of fused-ring (bicyclic) bond motifs is 1. The van der Waals surface area contributed by atoms with E-state index in [1.54, 1.807) is 23.1 Å². The molecule has 1 aliphatic heterocycles. The Morgan fingerprint density at radius 3 is 2.50 bits per heavy atom. The molecule has 2 aromatic carbocycles. The van der Waals surface area contributed by atoms with Gasteiger partial charge in [-0.25, -0.2) is 12.8 Å². The molecule has 0 saturated heterocycles. The van der Waals surface area contributed by atoms with E-state index >= 15 is 0 Å². The van der Waals surface area contributed by atoms with Crippen molar-refractivity contribution < 1.29 is 27.4 Å². The molecule has 1 amide bonds. The molecule has 4 rings (SSSR count). The quantitative estimate of drug-likeness (QED) is 0.463. The van der Waals surface area contributed by atoms with Crippen molar-refractivity contribution in [1.29, 1.82) is 0 Å². The van der Waals surface area contributed by atoms with Gasteiger partial charge in [0.05, 0.1) is 24.0 Å². The molecule has 0 aromatic heterocycles. The molecule has 2 N–H and O–H groups in total. The zero-order valence-corrected chi connectivity index (χ0v) is 24.5. The smallest absolute Gasteiger partial charge is 0.261 e. The number of nitrogens with one attached hydrogen (secondary N) is 1. The van der Waals surface area contributed by atoms with E-state index in [9.17, 15) is 22.7 Å². The van der Waals surface area contributed by atoms with Crippen LogP contribution < -0.4 is 9.46 Å². The predicted octanol–water partition coefficient (Wildman–Crippen LogP) is 4.29. The molecular weight excluding hydrogens is 533 g/mol. The van der Waals surface area contributed by atoms with Gasteiger partial charge in [0.1, 0.15) is 17.7 Å². The average Bonchev–Trinajstić information content (AvgIpc) is 2.96. The van der Waals surface area contributed by atoms with E-state index in [-0.39, 0.29) is 47.6 Å². The van der Waals surface area contributed by atoms with Crippen LogP contribution in [0, 0.1) is 17.7 Å². The number of hydrogen-bond donors (Lipinski definition) is 2. The van der Waals surface area contributed by atoms with Gasteiger partial charge in [-0.3, -0.25) is 9.52 Å². The summed E-state index contributed by atoms with van der Waals surface area (Å²) >= 11 is 0. The van der Waals surface area contributed by atoms with E-state index in [1.165, 1.54) is 44.2 Å². The molecule has 2 aliphatic rings. The molecule has 8 nitrogen and oxygen atoms in total. The number of nitrogens with zero attached hydrogens (tertiary/aromatic N) is 2. The van der Waals surface area contributed by atoms with Crippen LogP contribution in [-0.4, -0.2) is 74.7 Å². The predicted molar refractivity (Wildman–Crippen MR) is 153 cm³/mol. The Kier molecular flexibility index (Phi) is 10.1. The third kappa shape index (κ3) is 7.73. The minimum atomic E-state index is -3.96. The highest BCUT2D eigenvalue weighted by molar-refractivity contribution is 7.92. The van der Waals surface area contributed by atoms with Gasteiger partial charge in [0, 0.05) is 36.8 Å². The second-order valence-corrected chi connectivity index (χ2v) is 13.2. The van der Waals surface area contributed by atoms with Crippen molar-refractivity contribution in [2.24, 2.45) is 11.8 Å². The fourth-order valence-electron chi connectivity index (χ4n) is 5.73. The number of amides is 1. The zero-order valence-electron chi connectivity index (χ0n) is 23.7. The fraction of sp³-hybridized carbons (Fsp3) is 0.567. The van der Waals surface area contributed by atoms with Gasteiger partial charge in [0.2, 0.25) is 5.91 Å². The lowest BCUT2D eigenvalue weighted by atomic mass is 9.89. The summed E-state index contributed by atoms with van der Waals surface area (Å²) in [5.74, 6) is 0.533. The molecule has 0 bridgehead atoms. The summed E-state index contributed by atoms with van der Waals surface area (Å²) < 4.78 is 48.3. The number of anilines is 1. The first kappa shape index (κ1) is 30.3. The molecule has 1 aliphatic carbocycles. The number of rotatable bonds is 9. The van der Waals surface area contributed by atoms with Crippen LogP contribution in [0.4, 0.5) is 10.1 Å². The first-order valence-electron chi connectivity index (χ1n) is 14.2. The Morgan fingerprint density at radius 2 is 1.82 bits per heavy atom. The molecule has 220 valence electrons. The number of halogens is 1. The van der Waals surface area contributed by atoms with E-state index < -0.39 is 15.8 Å². The molecule has 1 saturated carbocycles. The number of likely N-dealkylation sites (N-methyl/N-ethyl adjacent to an activating group) is 1. The van der Waals surface area contributed by atoms with Crippen LogP contribution in [0.5, 0.6) is 5.75 Å². The van der Waals surface area contributed by atoms with Gasteiger partial charge >= 0.3 is 0 Å². The molecule has 2 aromatic rings. The maximum absolute atomic E-state index is 13.4. The average molecular weight is 576 g/mol. The summed E-state index contributed by atoms with van der Waals surface area (Å²) in [6.07, 6.45) is 6.17. The van der Waals surface area contributed by atoms with Crippen LogP contribution in [0.2, 0.25) is 0 Å². The normalized spacial score (nSPS) is 21.6. The topological polar surface area (TPSA) is 99.2 Å². The van der Waals surface area contributed by atoms with Crippen LogP contribution >= 0.6 is 0 Å². The van der Waals surface area contributed by atoms with Crippen molar-refractivity contribution in [2.45, 2.75) is 69.4 Å². The van der Waals surface area contributed by atoms with Gasteiger partial charge in [-0.1, -0.05) is 26.2 Å². The summed E-state index contributed by atoms with van der Waals surface area (Å²) in [5.41, 5.74) is 0.841. The van der Waals surface area contributed by atoms with Gasteiger partial charge < -0.3 is 19.6 Å². The highest BCUT2D eigenvalue weighted by atomic mass is 32.2. The monoisotopic (exact) mass is 575 g/mol. The number of carbonyl (C=O) groups is 1. The number of aliphatic hydroxyl groups is 1. The highest BCUT2D eigenvalue weighted by Crippen LogP contribution is 2.31. The number of benzene rings is 2. The van der Waals surface area contributed by atoms with Crippen LogP contribution in [0.15, 0.2) is 47.4 Å². The summed E-state index contributed by atoms with van der Waals surface area (Å²) in [7, 11) is -1.85.